The fourth-order valence-electron chi connectivity index (χ4n) is 2.44. The van der Waals surface area contributed by atoms with Crippen LogP contribution in [-0.2, 0) is 17.8 Å². The number of amides is 1. The van der Waals surface area contributed by atoms with Crippen LogP contribution >= 0.6 is 11.3 Å². The van der Waals surface area contributed by atoms with Crippen LogP contribution in [0.4, 0.5) is 0 Å². The molecule has 0 unspecified atom stereocenters. The molecular weight excluding hydrogens is 352 g/mol. The molecule has 0 saturated heterocycles. The maximum Gasteiger partial charge on any atom is 0.238 e. The molecule has 3 aromatic rings. The van der Waals surface area contributed by atoms with Crippen molar-refractivity contribution in [2.75, 3.05) is 7.05 Å². The van der Waals surface area contributed by atoms with Gasteiger partial charge in [0.05, 0.1) is 23.5 Å². The molecule has 0 aliphatic rings. The summed E-state index contributed by atoms with van der Waals surface area (Å²) in [4.78, 5) is 22.8. The van der Waals surface area contributed by atoms with Crippen molar-refractivity contribution < 1.29 is 13.7 Å². The van der Waals surface area contributed by atoms with Crippen molar-refractivity contribution in [3.8, 4) is 11.6 Å². The number of hydrogen-bond donors (Lipinski definition) is 0. The van der Waals surface area contributed by atoms with Gasteiger partial charge in [-0.15, -0.1) is 11.3 Å². The molecule has 26 heavy (non-hydrogen) atoms. The zero-order valence-electron chi connectivity index (χ0n) is 15.1. The molecule has 3 rings (SSSR count). The van der Waals surface area contributed by atoms with E-state index in [-0.39, 0.29) is 5.91 Å². The Kier molecular flexibility index (Phi) is 5.82. The average Bonchev–Trinajstić information content (AvgIpc) is 3.35. The summed E-state index contributed by atoms with van der Waals surface area (Å²) in [6.45, 7) is 4.77. The first kappa shape index (κ1) is 18.3. The first-order valence-corrected chi connectivity index (χ1v) is 9.45. The Hall–Kier alpha value is -2.48. The Morgan fingerprint density at radius 1 is 1.35 bits per heavy atom. The van der Waals surface area contributed by atoms with E-state index in [1.54, 1.807) is 41.7 Å². The van der Waals surface area contributed by atoms with Crippen LogP contribution in [0, 0.1) is 0 Å². The Bertz CT molecular complexity index is 838. The monoisotopic (exact) mass is 374 g/mol. The third-order valence-corrected chi connectivity index (χ3v) is 5.07. The van der Waals surface area contributed by atoms with Gasteiger partial charge >= 0.3 is 0 Å². The number of carbonyl (C=O) groups excluding carboxylic acids is 1. The average molecular weight is 374 g/mol. The molecule has 7 nitrogen and oxygen atoms in total. The largest absolute Gasteiger partial charge is 0.461 e. The molecule has 0 aromatic carbocycles. The molecule has 138 valence electrons. The summed E-state index contributed by atoms with van der Waals surface area (Å²) in [6, 6.07) is 3.54. The highest BCUT2D eigenvalue weighted by molar-refractivity contribution is 7.09. The molecule has 0 bridgehead atoms. The Balaban J connectivity index is 1.44. The molecule has 8 heteroatoms. The Labute approximate surface area is 156 Å². The summed E-state index contributed by atoms with van der Waals surface area (Å²) < 4.78 is 10.4. The minimum Gasteiger partial charge on any atom is -0.461 e. The molecule has 0 spiro atoms. The van der Waals surface area contributed by atoms with Gasteiger partial charge in [0.1, 0.15) is 0 Å². The predicted octanol–water partition coefficient (Wildman–Crippen LogP) is 3.89. The molecule has 1 amide bonds. The summed E-state index contributed by atoms with van der Waals surface area (Å²) in [5.41, 5.74) is 0.939. The van der Waals surface area contributed by atoms with Crippen molar-refractivity contribution in [3.05, 3.63) is 40.4 Å². The van der Waals surface area contributed by atoms with Gasteiger partial charge in [0.25, 0.3) is 0 Å². The summed E-state index contributed by atoms with van der Waals surface area (Å²) >= 11 is 1.64. The summed E-state index contributed by atoms with van der Waals surface area (Å²) in [7, 11) is 1.80. The van der Waals surface area contributed by atoms with Crippen molar-refractivity contribution in [3.63, 3.8) is 0 Å². The number of hydrogen-bond acceptors (Lipinski definition) is 7. The highest BCUT2D eigenvalue weighted by Crippen LogP contribution is 2.20. The van der Waals surface area contributed by atoms with Crippen LogP contribution in [0.15, 0.2) is 32.7 Å². The predicted molar refractivity (Wildman–Crippen MR) is 97.6 cm³/mol. The summed E-state index contributed by atoms with van der Waals surface area (Å²) in [5, 5.41) is 7.00. The van der Waals surface area contributed by atoms with Crippen LogP contribution in [0.25, 0.3) is 11.6 Å². The third kappa shape index (κ3) is 4.57. The van der Waals surface area contributed by atoms with Gasteiger partial charge in [0, 0.05) is 31.2 Å². The van der Waals surface area contributed by atoms with Gasteiger partial charge in [-0.2, -0.15) is 4.98 Å². The lowest BCUT2D eigenvalue weighted by Gasteiger charge is -2.15. The van der Waals surface area contributed by atoms with Gasteiger partial charge in [0.2, 0.25) is 17.6 Å². The van der Waals surface area contributed by atoms with E-state index in [4.69, 9.17) is 8.94 Å². The van der Waals surface area contributed by atoms with Crippen LogP contribution < -0.4 is 0 Å². The van der Waals surface area contributed by atoms with Crippen LogP contribution in [0.3, 0.4) is 0 Å². The molecule has 3 heterocycles. The summed E-state index contributed by atoms with van der Waals surface area (Å²) in [6.07, 6.45) is 3.20. The zero-order valence-corrected chi connectivity index (χ0v) is 16.0. The SMILES string of the molecule is CC(C)c1nc(CN(C)C(=O)CCCc2nc(-c3ccco3)no2)cs1. The highest BCUT2D eigenvalue weighted by atomic mass is 32.1. The minimum absolute atomic E-state index is 0.0786. The Morgan fingerprint density at radius 2 is 2.19 bits per heavy atom. The quantitative estimate of drug-likeness (QED) is 0.594. The lowest BCUT2D eigenvalue weighted by molar-refractivity contribution is -0.130. The number of nitrogens with zero attached hydrogens (tertiary/aromatic N) is 4. The molecule has 0 aliphatic carbocycles. The van der Waals surface area contributed by atoms with Crippen LogP contribution in [-0.4, -0.2) is 33.0 Å². The van der Waals surface area contributed by atoms with Gasteiger partial charge < -0.3 is 13.8 Å². The fourth-order valence-corrected chi connectivity index (χ4v) is 3.26. The van der Waals surface area contributed by atoms with E-state index < -0.39 is 0 Å². The van der Waals surface area contributed by atoms with Crippen molar-refractivity contribution in [1.29, 1.82) is 0 Å². The van der Waals surface area contributed by atoms with Gasteiger partial charge in [-0.1, -0.05) is 19.0 Å². The van der Waals surface area contributed by atoms with Crippen molar-refractivity contribution in [2.45, 2.75) is 45.6 Å². The van der Waals surface area contributed by atoms with E-state index in [1.165, 1.54) is 0 Å². The number of rotatable bonds is 8. The topological polar surface area (TPSA) is 85.3 Å². The zero-order chi connectivity index (χ0) is 18.5. The maximum atomic E-state index is 12.3. The second-order valence-electron chi connectivity index (χ2n) is 6.42. The van der Waals surface area contributed by atoms with Gasteiger partial charge in [0.15, 0.2) is 5.76 Å². The minimum atomic E-state index is 0.0786. The smallest absolute Gasteiger partial charge is 0.238 e. The van der Waals surface area contributed by atoms with Crippen LogP contribution in [0.2, 0.25) is 0 Å². The van der Waals surface area contributed by atoms with E-state index in [0.717, 1.165) is 10.7 Å². The number of aromatic nitrogens is 3. The standard InChI is InChI=1S/C18H22N4O3S/c1-12(2)18-19-13(11-26-18)10-22(3)16(23)8-4-7-15-20-17(21-25-15)14-6-5-9-24-14/h5-6,9,11-12H,4,7-8,10H2,1-3H3. The summed E-state index contributed by atoms with van der Waals surface area (Å²) in [5.74, 6) is 2.00. The van der Waals surface area contributed by atoms with E-state index >= 15 is 0 Å². The van der Waals surface area contributed by atoms with E-state index in [1.807, 2.05) is 5.38 Å². The van der Waals surface area contributed by atoms with Crippen LogP contribution in [0.5, 0.6) is 0 Å². The molecule has 0 fully saturated rings. The molecule has 0 saturated carbocycles. The van der Waals surface area contributed by atoms with E-state index in [9.17, 15) is 4.79 Å². The second-order valence-corrected chi connectivity index (χ2v) is 7.31. The molecule has 0 radical (unpaired) electrons. The van der Waals surface area contributed by atoms with Gasteiger partial charge in [-0.25, -0.2) is 4.98 Å². The lowest BCUT2D eigenvalue weighted by atomic mass is 10.2. The number of thiazole rings is 1. The van der Waals surface area contributed by atoms with E-state index in [0.29, 0.717) is 49.2 Å². The van der Waals surface area contributed by atoms with Crippen molar-refractivity contribution >= 4 is 17.2 Å². The number of aryl methyl sites for hydroxylation is 1. The number of furan rings is 1. The highest BCUT2D eigenvalue weighted by Gasteiger charge is 2.14. The lowest BCUT2D eigenvalue weighted by Crippen LogP contribution is -2.26. The van der Waals surface area contributed by atoms with Crippen LogP contribution in [0.1, 0.15) is 49.2 Å². The first-order valence-electron chi connectivity index (χ1n) is 8.57. The Morgan fingerprint density at radius 3 is 2.88 bits per heavy atom. The van der Waals surface area contributed by atoms with Gasteiger partial charge in [-0.05, 0) is 18.6 Å². The molecule has 0 N–H and O–H groups in total. The van der Waals surface area contributed by atoms with Crippen molar-refractivity contribution in [1.82, 2.24) is 20.0 Å². The normalized spacial score (nSPS) is 11.2. The first-order chi connectivity index (χ1) is 12.5. The van der Waals surface area contributed by atoms with Gasteiger partial charge in [-0.3, -0.25) is 4.79 Å². The third-order valence-electron chi connectivity index (χ3n) is 3.88. The fraction of sp³-hybridized carbons (Fsp3) is 0.444. The molecule has 0 atom stereocenters. The van der Waals surface area contributed by atoms with E-state index in [2.05, 4.69) is 29.0 Å². The maximum absolute atomic E-state index is 12.3. The number of carbonyl (C=O) groups is 1. The molecule has 3 aromatic heterocycles. The second kappa shape index (κ2) is 8.27. The van der Waals surface area contributed by atoms with Crippen molar-refractivity contribution in [2.24, 2.45) is 0 Å². The molecule has 0 aliphatic heterocycles. The molecular formula is C18H22N4O3S.